The number of anilines is 1. The first kappa shape index (κ1) is 12.5. The smallest absolute Gasteiger partial charge is 0.351 e. The van der Waals surface area contributed by atoms with Crippen LogP contribution >= 0.6 is 0 Å². The first-order valence-electron chi connectivity index (χ1n) is 5.65. The number of fused-ring (bicyclic) bond motifs is 1. The van der Waals surface area contributed by atoms with Crippen molar-refractivity contribution in [2.45, 2.75) is 29.7 Å². The fourth-order valence-electron chi connectivity index (χ4n) is 2.67. The van der Waals surface area contributed by atoms with Gasteiger partial charge in [0.15, 0.2) is 18.0 Å². The first-order chi connectivity index (χ1) is 8.88. The number of nitrogens with zero attached hydrogens (tertiary/aromatic N) is 2. The Morgan fingerprint density at radius 1 is 1.63 bits per heavy atom. The van der Waals surface area contributed by atoms with Gasteiger partial charge in [0.1, 0.15) is 17.5 Å². The molecule has 9 heteroatoms. The molecule has 0 spiro atoms. The Morgan fingerprint density at radius 2 is 2.32 bits per heavy atom. The highest BCUT2D eigenvalue weighted by atomic mass is 19.1. The molecule has 1 saturated heterocycles. The molecule has 0 radical (unpaired) electrons. The van der Waals surface area contributed by atoms with Crippen LogP contribution in [0.4, 0.5) is 10.2 Å². The molecule has 3 rings (SSSR count). The molecule has 0 bridgehead atoms. The lowest BCUT2D eigenvalue weighted by Gasteiger charge is -2.21. The summed E-state index contributed by atoms with van der Waals surface area (Å²) in [6, 6.07) is 1.30. The quantitative estimate of drug-likeness (QED) is 0.467. The second kappa shape index (κ2) is 3.51. The summed E-state index contributed by atoms with van der Waals surface area (Å²) in [7, 11) is 0. The lowest BCUT2D eigenvalue weighted by molar-refractivity contribution is -0.0903. The number of ether oxygens (including phenoxy) is 1. The average molecular weight is 272 g/mol. The van der Waals surface area contributed by atoms with Crippen LogP contribution in [0.5, 0.6) is 0 Å². The molecule has 19 heavy (non-hydrogen) atoms. The molecular formula is C10H13FN4O4. The van der Waals surface area contributed by atoms with E-state index in [4.69, 9.17) is 16.2 Å². The van der Waals surface area contributed by atoms with Gasteiger partial charge in [-0.2, -0.15) is 4.98 Å². The minimum Gasteiger partial charge on any atom is -0.387 e. The summed E-state index contributed by atoms with van der Waals surface area (Å²) in [6.07, 6.45) is -3.58. The molecule has 1 aromatic rings. The molecule has 1 unspecified atom stereocenters. The van der Waals surface area contributed by atoms with E-state index in [2.05, 4.69) is 4.98 Å². The van der Waals surface area contributed by atoms with Crippen LogP contribution in [-0.4, -0.2) is 49.8 Å². The topological polar surface area (TPSA) is 137 Å². The van der Waals surface area contributed by atoms with Gasteiger partial charge in [-0.3, -0.25) is 4.57 Å². The Balaban J connectivity index is 2.00. The number of rotatable bonds is 2. The third-order valence-corrected chi connectivity index (χ3v) is 3.88. The molecular weight excluding hydrogens is 259 g/mol. The van der Waals surface area contributed by atoms with E-state index in [1.807, 2.05) is 0 Å². The summed E-state index contributed by atoms with van der Waals surface area (Å²) in [5.74, 6) is -0.00732. The summed E-state index contributed by atoms with van der Waals surface area (Å²) in [5, 5.41) is 19.6. The number of aromatic nitrogens is 2. The SMILES string of the molecule is NC[C@]12O[C@@H](n3ccc(N)nc3=O)[C@H](F)[C@@]1(O)C2O. The molecule has 2 heterocycles. The molecule has 0 amide bonds. The summed E-state index contributed by atoms with van der Waals surface area (Å²) >= 11 is 0. The van der Waals surface area contributed by atoms with E-state index < -0.39 is 35.4 Å². The summed E-state index contributed by atoms with van der Waals surface area (Å²) < 4.78 is 20.4. The van der Waals surface area contributed by atoms with Gasteiger partial charge in [-0.15, -0.1) is 0 Å². The van der Waals surface area contributed by atoms with Crippen molar-refractivity contribution in [2.24, 2.45) is 5.73 Å². The van der Waals surface area contributed by atoms with Crippen LogP contribution in [0.1, 0.15) is 6.23 Å². The minimum absolute atomic E-state index is 0.00732. The van der Waals surface area contributed by atoms with Crippen LogP contribution in [0, 0.1) is 0 Å². The largest absolute Gasteiger partial charge is 0.387 e. The van der Waals surface area contributed by atoms with Gasteiger partial charge >= 0.3 is 5.69 Å². The summed E-state index contributed by atoms with van der Waals surface area (Å²) in [6.45, 7) is -0.265. The van der Waals surface area contributed by atoms with E-state index in [9.17, 15) is 19.4 Å². The molecule has 5 atom stereocenters. The molecule has 1 aliphatic carbocycles. The number of aliphatic hydroxyl groups excluding tert-OH is 1. The number of hydrogen-bond donors (Lipinski definition) is 4. The van der Waals surface area contributed by atoms with Crippen LogP contribution in [0.2, 0.25) is 0 Å². The minimum atomic E-state index is -2.09. The standard InChI is InChI=1S/C10H13FN4O4/c11-5-6(15-2-1-4(13)14-8(15)17)19-9(3-12)7(16)10(5,9)18/h1-2,5-7,16,18H,3,12H2,(H2,13,14,17)/t5-,6+,7?,9+,10+/m0/s1. The number of hydrogen-bond acceptors (Lipinski definition) is 7. The van der Waals surface area contributed by atoms with Gasteiger partial charge in [0.2, 0.25) is 0 Å². The summed E-state index contributed by atoms with van der Waals surface area (Å²) in [4.78, 5) is 15.1. The third kappa shape index (κ3) is 1.25. The maximum Gasteiger partial charge on any atom is 0.351 e. The van der Waals surface area contributed by atoms with Gasteiger partial charge in [0, 0.05) is 12.7 Å². The normalized spacial score (nSPS) is 44.1. The van der Waals surface area contributed by atoms with Crippen LogP contribution in [0.3, 0.4) is 0 Å². The highest BCUT2D eigenvalue weighted by Gasteiger charge is 2.87. The number of alkyl halides is 1. The van der Waals surface area contributed by atoms with Crippen molar-refractivity contribution in [1.82, 2.24) is 9.55 Å². The Kier molecular flexibility index (Phi) is 2.31. The number of nitrogens with two attached hydrogens (primary N) is 2. The fraction of sp³-hybridized carbons (Fsp3) is 0.600. The van der Waals surface area contributed by atoms with E-state index in [1.165, 1.54) is 12.3 Å². The Hall–Kier alpha value is -1.55. The van der Waals surface area contributed by atoms with Gasteiger partial charge < -0.3 is 26.4 Å². The number of halogens is 1. The molecule has 104 valence electrons. The van der Waals surface area contributed by atoms with E-state index in [-0.39, 0.29) is 12.4 Å². The van der Waals surface area contributed by atoms with Gasteiger partial charge in [-0.05, 0) is 6.07 Å². The van der Waals surface area contributed by atoms with Crippen LogP contribution in [0.25, 0.3) is 0 Å². The van der Waals surface area contributed by atoms with E-state index in [0.717, 1.165) is 4.57 Å². The second-order valence-electron chi connectivity index (χ2n) is 4.77. The molecule has 0 aromatic carbocycles. The second-order valence-corrected chi connectivity index (χ2v) is 4.77. The highest BCUT2D eigenvalue weighted by molar-refractivity contribution is 5.36. The van der Waals surface area contributed by atoms with Gasteiger partial charge in [-0.25, -0.2) is 9.18 Å². The van der Waals surface area contributed by atoms with Crippen molar-refractivity contribution in [3.63, 3.8) is 0 Å². The maximum atomic E-state index is 14.2. The van der Waals surface area contributed by atoms with Crippen molar-refractivity contribution in [1.29, 1.82) is 0 Å². The van der Waals surface area contributed by atoms with Gasteiger partial charge in [0.05, 0.1) is 0 Å². The number of aliphatic hydroxyl groups is 2. The predicted octanol–water partition coefficient (Wildman–Crippen LogP) is -2.50. The van der Waals surface area contributed by atoms with Crippen LogP contribution < -0.4 is 17.2 Å². The van der Waals surface area contributed by atoms with Crippen molar-refractivity contribution in [3.8, 4) is 0 Å². The van der Waals surface area contributed by atoms with E-state index in [1.54, 1.807) is 0 Å². The summed E-state index contributed by atoms with van der Waals surface area (Å²) in [5.41, 5.74) is 6.28. The average Bonchev–Trinajstić information content (AvgIpc) is 2.73. The van der Waals surface area contributed by atoms with Gasteiger partial charge in [-0.1, -0.05) is 0 Å². The molecule has 1 aromatic heterocycles. The van der Waals surface area contributed by atoms with Crippen molar-refractivity contribution in [2.75, 3.05) is 12.3 Å². The van der Waals surface area contributed by atoms with Crippen LogP contribution in [0.15, 0.2) is 17.1 Å². The van der Waals surface area contributed by atoms with E-state index >= 15 is 0 Å². The molecule has 8 nitrogen and oxygen atoms in total. The maximum absolute atomic E-state index is 14.2. The molecule has 2 aliphatic rings. The zero-order valence-corrected chi connectivity index (χ0v) is 9.73. The molecule has 6 N–H and O–H groups in total. The lowest BCUT2D eigenvalue weighted by atomic mass is 10.1. The zero-order valence-electron chi connectivity index (χ0n) is 9.73. The molecule has 1 aliphatic heterocycles. The zero-order chi connectivity index (χ0) is 14.0. The first-order valence-corrected chi connectivity index (χ1v) is 5.65. The Morgan fingerprint density at radius 3 is 2.84 bits per heavy atom. The highest BCUT2D eigenvalue weighted by Crippen LogP contribution is 2.62. The lowest BCUT2D eigenvalue weighted by Crippen LogP contribution is -2.38. The Bertz CT molecular complexity index is 591. The van der Waals surface area contributed by atoms with Crippen molar-refractivity contribution in [3.05, 3.63) is 22.7 Å². The van der Waals surface area contributed by atoms with Crippen molar-refractivity contribution >= 4 is 5.82 Å². The predicted molar refractivity (Wildman–Crippen MR) is 60.7 cm³/mol. The molecule has 2 fully saturated rings. The van der Waals surface area contributed by atoms with Gasteiger partial charge in [0.25, 0.3) is 0 Å². The van der Waals surface area contributed by atoms with Crippen LogP contribution in [-0.2, 0) is 4.74 Å². The monoisotopic (exact) mass is 272 g/mol. The molecule has 1 saturated carbocycles. The fourth-order valence-corrected chi connectivity index (χ4v) is 2.67. The van der Waals surface area contributed by atoms with Crippen molar-refractivity contribution < 1.29 is 19.3 Å². The number of nitrogen functional groups attached to an aromatic ring is 1. The van der Waals surface area contributed by atoms with E-state index in [0.29, 0.717) is 0 Å². The Labute approximate surface area is 106 Å². The third-order valence-electron chi connectivity index (χ3n) is 3.88.